The zero-order valence-electron chi connectivity index (χ0n) is 25.1. The largest absolute Gasteiger partial charge is 0.439 e. The van der Waals surface area contributed by atoms with Gasteiger partial charge in [-0.2, -0.15) is 10.1 Å². The molecule has 4 heterocycles. The van der Waals surface area contributed by atoms with E-state index in [1.165, 1.54) is 6.33 Å². The van der Waals surface area contributed by atoms with Gasteiger partial charge >= 0.3 is 11.5 Å². The number of benzene rings is 2. The molecular weight excluding hydrogens is 592 g/mol. The van der Waals surface area contributed by atoms with E-state index in [1.54, 1.807) is 0 Å². The van der Waals surface area contributed by atoms with Gasteiger partial charge in [0.05, 0.1) is 11.8 Å². The number of aromatic nitrogens is 8. The molecule has 1 aliphatic rings. The lowest BCUT2D eigenvalue weighted by molar-refractivity contribution is -0.00145. The molecule has 7 rings (SSSR count). The zero-order valence-corrected chi connectivity index (χ0v) is 25.1. The molecule has 14 heteroatoms. The molecule has 0 amide bonds. The molecule has 0 unspecified atom stereocenters. The van der Waals surface area contributed by atoms with Gasteiger partial charge in [-0.15, -0.1) is 5.10 Å². The third-order valence-corrected chi connectivity index (χ3v) is 8.52. The monoisotopic (exact) mass is 624 g/mol. The first-order valence-corrected chi connectivity index (χ1v) is 15.3. The van der Waals surface area contributed by atoms with E-state index in [4.69, 9.17) is 13.7 Å². The maximum absolute atomic E-state index is 14.3. The molecule has 14 nitrogen and oxygen atoms in total. The van der Waals surface area contributed by atoms with Gasteiger partial charge in [0.2, 0.25) is 11.7 Å². The van der Waals surface area contributed by atoms with E-state index in [-0.39, 0.29) is 30.2 Å². The van der Waals surface area contributed by atoms with Gasteiger partial charge in [-0.25, -0.2) is 19.2 Å². The van der Waals surface area contributed by atoms with E-state index < -0.39 is 11.5 Å². The van der Waals surface area contributed by atoms with Crippen LogP contribution in [0.1, 0.15) is 67.8 Å². The Bertz CT molecular complexity index is 2140. The molecule has 2 aromatic carbocycles. The number of nitrogens with one attached hydrogen (secondary N) is 2. The molecule has 6 aromatic rings. The van der Waals surface area contributed by atoms with Crippen LogP contribution in [0.4, 0.5) is 0 Å². The Labute approximate surface area is 261 Å². The minimum absolute atomic E-state index is 0.0325. The van der Waals surface area contributed by atoms with Crippen molar-refractivity contribution in [1.82, 2.24) is 39.5 Å². The third-order valence-electron chi connectivity index (χ3n) is 8.52. The summed E-state index contributed by atoms with van der Waals surface area (Å²) < 4.78 is 19.2. The van der Waals surface area contributed by atoms with E-state index in [0.29, 0.717) is 30.0 Å². The first-order chi connectivity index (χ1) is 22.5. The van der Waals surface area contributed by atoms with Crippen LogP contribution in [0.5, 0.6) is 0 Å². The summed E-state index contributed by atoms with van der Waals surface area (Å²) in [4.78, 5) is 44.2. The molecule has 46 heavy (non-hydrogen) atoms. The van der Waals surface area contributed by atoms with Crippen LogP contribution >= 0.6 is 0 Å². The molecular formula is C32H32N8O6. The van der Waals surface area contributed by atoms with Crippen molar-refractivity contribution >= 4 is 5.78 Å². The molecule has 1 aliphatic carbocycles. The molecule has 0 radical (unpaired) electrons. The number of rotatable bonds is 10. The van der Waals surface area contributed by atoms with E-state index in [0.717, 1.165) is 60.1 Å². The highest BCUT2D eigenvalue weighted by molar-refractivity contribution is 5.80. The van der Waals surface area contributed by atoms with Crippen molar-refractivity contribution in [2.75, 3.05) is 0 Å². The number of fused-ring (bicyclic) bond motifs is 1. The number of nitrogens with zero attached hydrogens (tertiary/aromatic N) is 6. The topological polar surface area (TPSA) is 179 Å². The molecule has 1 saturated carbocycles. The average molecular weight is 625 g/mol. The van der Waals surface area contributed by atoms with Crippen LogP contribution in [0.15, 0.2) is 78.2 Å². The highest BCUT2D eigenvalue weighted by Gasteiger charge is 2.28. The summed E-state index contributed by atoms with van der Waals surface area (Å²) in [6.07, 6.45) is 6.40. The molecule has 0 atom stereocenters. The first-order valence-electron chi connectivity index (χ1n) is 15.3. The van der Waals surface area contributed by atoms with Crippen molar-refractivity contribution in [2.45, 2.75) is 70.6 Å². The summed E-state index contributed by atoms with van der Waals surface area (Å²) >= 11 is 0. The van der Waals surface area contributed by atoms with Gasteiger partial charge in [0.15, 0.2) is 5.82 Å². The molecule has 4 aromatic heterocycles. The van der Waals surface area contributed by atoms with Gasteiger partial charge in [0.25, 0.3) is 5.56 Å². The molecule has 236 valence electrons. The Morgan fingerprint density at radius 1 is 0.978 bits per heavy atom. The summed E-state index contributed by atoms with van der Waals surface area (Å²) in [5.41, 5.74) is 5.10. The molecule has 0 saturated heterocycles. The van der Waals surface area contributed by atoms with Crippen molar-refractivity contribution < 1.29 is 13.7 Å². The van der Waals surface area contributed by atoms with Crippen LogP contribution in [0.25, 0.3) is 28.3 Å². The van der Waals surface area contributed by atoms with Gasteiger partial charge in [-0.1, -0.05) is 67.0 Å². The fourth-order valence-electron chi connectivity index (χ4n) is 6.35. The predicted octanol–water partition coefficient (Wildman–Crippen LogP) is 3.82. The van der Waals surface area contributed by atoms with Gasteiger partial charge in [-0.05, 0) is 48.8 Å². The van der Waals surface area contributed by atoms with Gasteiger partial charge in [0.1, 0.15) is 12.9 Å². The predicted molar refractivity (Wildman–Crippen MR) is 165 cm³/mol. The van der Waals surface area contributed by atoms with Crippen LogP contribution in [0.2, 0.25) is 0 Å². The molecule has 2 N–H and O–H groups in total. The van der Waals surface area contributed by atoms with Crippen molar-refractivity contribution in [3.63, 3.8) is 0 Å². The van der Waals surface area contributed by atoms with Crippen molar-refractivity contribution in [3.05, 3.63) is 109 Å². The number of aryl methyl sites for hydroxylation is 1. The molecule has 1 fully saturated rings. The summed E-state index contributed by atoms with van der Waals surface area (Å²) in [7, 11) is 0. The van der Waals surface area contributed by atoms with Crippen LogP contribution < -0.4 is 17.1 Å². The van der Waals surface area contributed by atoms with E-state index in [9.17, 15) is 14.4 Å². The van der Waals surface area contributed by atoms with E-state index >= 15 is 0 Å². The zero-order chi connectivity index (χ0) is 31.6. The van der Waals surface area contributed by atoms with Crippen LogP contribution in [-0.2, 0) is 24.2 Å². The quantitative estimate of drug-likeness (QED) is 0.228. The molecule has 0 bridgehead atoms. The first kappa shape index (κ1) is 29.3. The van der Waals surface area contributed by atoms with Crippen LogP contribution in [0.3, 0.4) is 0 Å². The Balaban J connectivity index is 1.16. The minimum atomic E-state index is -0.610. The van der Waals surface area contributed by atoms with Crippen molar-refractivity contribution in [2.24, 2.45) is 0 Å². The maximum atomic E-state index is 14.3. The summed E-state index contributed by atoms with van der Waals surface area (Å²) in [5, 5.41) is 14.4. The Kier molecular flexibility index (Phi) is 8.01. The van der Waals surface area contributed by atoms with Gasteiger partial charge < -0.3 is 9.15 Å². The summed E-state index contributed by atoms with van der Waals surface area (Å²) in [5.74, 6) is -0.0851. The fourth-order valence-corrected chi connectivity index (χ4v) is 6.35. The summed E-state index contributed by atoms with van der Waals surface area (Å²) in [6, 6.07) is 15.6. The van der Waals surface area contributed by atoms with Crippen molar-refractivity contribution in [3.8, 4) is 22.5 Å². The van der Waals surface area contributed by atoms with Gasteiger partial charge in [-0.3, -0.25) is 18.9 Å². The lowest BCUT2D eigenvalue weighted by Gasteiger charge is -2.30. The van der Waals surface area contributed by atoms with Crippen molar-refractivity contribution in [1.29, 1.82) is 0 Å². The van der Waals surface area contributed by atoms with Crippen LogP contribution in [0, 0.1) is 0 Å². The molecule has 0 aliphatic heterocycles. The average Bonchev–Trinajstić information content (AvgIpc) is 3.84. The second kappa shape index (κ2) is 12.6. The normalized spacial score (nSPS) is 16.7. The number of ether oxygens (including phenoxy) is 1. The lowest BCUT2D eigenvalue weighted by atomic mass is 9.92. The Morgan fingerprint density at radius 2 is 1.76 bits per heavy atom. The summed E-state index contributed by atoms with van der Waals surface area (Å²) in [6.45, 7) is 2.20. The number of H-pyrrole nitrogens is 2. The maximum Gasteiger partial charge on any atom is 0.439 e. The lowest BCUT2D eigenvalue weighted by Crippen LogP contribution is -2.35. The SMILES string of the molecule is CCCc1c(Cc2ccc(-c3ccccc3-c3noc(=O)[nH]3)cc2)c(=O)n(C2CCC(OCc3n[nH]c(=O)o3)CC2)c2ncnn12. The van der Waals surface area contributed by atoms with E-state index in [1.807, 2.05) is 57.6 Å². The number of hydrogen-bond acceptors (Lipinski definition) is 10. The highest BCUT2D eigenvalue weighted by atomic mass is 16.5. The van der Waals surface area contributed by atoms with E-state index in [2.05, 4.69) is 37.3 Å². The number of hydrogen-bond donors (Lipinski definition) is 2. The third kappa shape index (κ3) is 5.74. The van der Waals surface area contributed by atoms with Crippen LogP contribution in [-0.4, -0.2) is 45.6 Å². The van der Waals surface area contributed by atoms with Gasteiger partial charge in [0, 0.05) is 23.6 Å². The fraction of sp³-hybridized carbons (Fsp3) is 0.344. The Hall–Kier alpha value is -5.37. The minimum Gasteiger partial charge on any atom is -0.390 e. The second-order valence-corrected chi connectivity index (χ2v) is 11.4. The highest BCUT2D eigenvalue weighted by Crippen LogP contribution is 2.32. The Morgan fingerprint density at radius 3 is 2.46 bits per heavy atom. The second-order valence-electron chi connectivity index (χ2n) is 11.4. The standard InChI is InChI=1S/C32H32N8O6/c1-2-5-26-25(16-19-8-10-20(11-9-19)23-6-3-4-7-24(23)28-35-31(42)46-38-28)29(41)39(30-33-18-34-40(26)30)21-12-14-22(15-13-21)44-17-27-36-37-32(43)45-27/h3-4,6-11,18,21-22H,2,5,12-17H2,1H3,(H,37,43)(H,35,38,42). The smallest absolute Gasteiger partial charge is 0.390 e. The molecule has 0 spiro atoms. The number of aromatic amines is 2.